The van der Waals surface area contributed by atoms with E-state index in [2.05, 4.69) is 17.2 Å². The highest BCUT2D eigenvalue weighted by Gasteiger charge is 2.28. The predicted octanol–water partition coefficient (Wildman–Crippen LogP) is 4.15. The summed E-state index contributed by atoms with van der Waals surface area (Å²) in [5, 5.41) is 3.46. The number of ketones is 1. The lowest BCUT2D eigenvalue weighted by Gasteiger charge is -2.29. The zero-order valence-electron chi connectivity index (χ0n) is 16.5. The van der Waals surface area contributed by atoms with Crippen LogP contribution in [0.3, 0.4) is 0 Å². The maximum absolute atomic E-state index is 13.3. The number of fused-ring (bicyclic) bond motifs is 1. The number of hydrogen-bond donors (Lipinski definition) is 1. The fourth-order valence-corrected chi connectivity index (χ4v) is 5.84. The van der Waals surface area contributed by atoms with Gasteiger partial charge in [-0.2, -0.15) is 4.31 Å². The molecule has 6 nitrogen and oxygen atoms in total. The van der Waals surface area contributed by atoms with Crippen LogP contribution in [0.2, 0.25) is 0 Å². The highest BCUT2D eigenvalue weighted by molar-refractivity contribution is 7.89. The van der Waals surface area contributed by atoms with Crippen molar-refractivity contribution in [3.8, 4) is 0 Å². The minimum atomic E-state index is -3.62. The van der Waals surface area contributed by atoms with Crippen molar-refractivity contribution < 1.29 is 17.6 Å². The van der Waals surface area contributed by atoms with Crippen molar-refractivity contribution in [2.24, 2.45) is 5.92 Å². The highest BCUT2D eigenvalue weighted by Crippen LogP contribution is 2.27. The molecule has 30 heavy (non-hydrogen) atoms. The normalized spacial score (nSPS) is 16.1. The van der Waals surface area contributed by atoms with Crippen LogP contribution in [0.25, 0.3) is 10.2 Å². The van der Waals surface area contributed by atoms with E-state index in [0.717, 1.165) is 12.8 Å². The van der Waals surface area contributed by atoms with Crippen LogP contribution < -0.4 is 5.32 Å². The molecular formula is C21H22FN3O3S2. The Kier molecular flexibility index (Phi) is 5.86. The number of benzene rings is 2. The molecule has 0 spiro atoms. The smallest absolute Gasteiger partial charge is 0.243 e. The summed E-state index contributed by atoms with van der Waals surface area (Å²) in [5.41, 5.74) is 0.974. The number of carbonyl (C=O) groups excluding carboxylic acids is 1. The topological polar surface area (TPSA) is 79.4 Å². The van der Waals surface area contributed by atoms with Crippen molar-refractivity contribution in [3.05, 3.63) is 53.8 Å². The first-order valence-electron chi connectivity index (χ1n) is 9.76. The van der Waals surface area contributed by atoms with Gasteiger partial charge in [0.2, 0.25) is 10.0 Å². The second-order valence-corrected chi connectivity index (χ2v) is 10.5. The molecule has 2 aromatic carbocycles. The van der Waals surface area contributed by atoms with E-state index in [4.69, 9.17) is 0 Å². The summed E-state index contributed by atoms with van der Waals surface area (Å²) >= 11 is 1.26. The molecule has 0 saturated carbocycles. The molecular weight excluding hydrogens is 425 g/mol. The first kappa shape index (κ1) is 20.9. The van der Waals surface area contributed by atoms with E-state index in [-0.39, 0.29) is 23.0 Å². The molecule has 1 aromatic heterocycles. The first-order chi connectivity index (χ1) is 14.3. The molecule has 1 fully saturated rings. The third-order valence-corrected chi connectivity index (χ3v) is 8.16. The van der Waals surface area contributed by atoms with Crippen LogP contribution in [0, 0.1) is 11.7 Å². The molecule has 1 aliphatic rings. The lowest BCUT2D eigenvalue weighted by atomic mass is 10.0. The Bertz CT molecular complexity index is 1190. The number of sulfonamides is 1. The maximum Gasteiger partial charge on any atom is 0.243 e. The molecule has 9 heteroatoms. The third kappa shape index (κ3) is 4.38. The SMILES string of the molecule is CC1CCN(S(=O)(=O)c2cccc(C(=O)CNc3nc4ccc(F)cc4s3)c2)CC1. The van der Waals surface area contributed by atoms with E-state index in [1.807, 2.05) is 0 Å². The van der Waals surface area contributed by atoms with Crippen molar-refractivity contribution in [2.45, 2.75) is 24.7 Å². The Morgan fingerprint density at radius 3 is 2.77 bits per heavy atom. The maximum atomic E-state index is 13.3. The minimum Gasteiger partial charge on any atom is -0.354 e. The van der Waals surface area contributed by atoms with Gasteiger partial charge in [-0.05, 0) is 49.1 Å². The van der Waals surface area contributed by atoms with Gasteiger partial charge in [-0.1, -0.05) is 30.4 Å². The van der Waals surface area contributed by atoms with Gasteiger partial charge in [0.1, 0.15) is 5.82 Å². The Hall–Kier alpha value is -2.36. The van der Waals surface area contributed by atoms with Gasteiger partial charge in [-0.15, -0.1) is 0 Å². The quantitative estimate of drug-likeness (QED) is 0.574. The van der Waals surface area contributed by atoms with Gasteiger partial charge in [-0.25, -0.2) is 17.8 Å². The molecule has 0 bridgehead atoms. The average molecular weight is 448 g/mol. The Balaban J connectivity index is 1.46. The molecule has 0 atom stereocenters. The summed E-state index contributed by atoms with van der Waals surface area (Å²) in [6.07, 6.45) is 1.68. The standard InChI is InChI=1S/C21H22FN3O3S2/c1-14-7-9-25(10-8-14)30(27,28)17-4-2-3-15(11-17)19(26)13-23-21-24-18-6-5-16(22)12-20(18)29-21/h2-6,11-12,14H,7-10,13H2,1H3,(H,23,24). The number of hydrogen-bond acceptors (Lipinski definition) is 6. The molecule has 0 unspecified atom stereocenters. The summed E-state index contributed by atoms with van der Waals surface area (Å²) < 4.78 is 41.4. The van der Waals surface area contributed by atoms with Gasteiger partial charge in [0.25, 0.3) is 0 Å². The van der Waals surface area contributed by atoms with Crippen molar-refractivity contribution in [2.75, 3.05) is 25.0 Å². The second-order valence-electron chi connectivity index (χ2n) is 7.52. The van der Waals surface area contributed by atoms with E-state index in [1.54, 1.807) is 18.2 Å². The van der Waals surface area contributed by atoms with Crippen molar-refractivity contribution in [1.29, 1.82) is 0 Å². The number of aromatic nitrogens is 1. The van der Waals surface area contributed by atoms with Crippen molar-refractivity contribution >= 4 is 42.5 Å². The van der Waals surface area contributed by atoms with E-state index in [1.165, 1.54) is 39.9 Å². The molecule has 1 saturated heterocycles. The van der Waals surface area contributed by atoms with Crippen molar-refractivity contribution in [1.82, 2.24) is 9.29 Å². The van der Waals surface area contributed by atoms with Gasteiger partial charge in [0.15, 0.2) is 10.9 Å². The fourth-order valence-electron chi connectivity index (χ4n) is 3.44. The number of thiazole rings is 1. The Morgan fingerprint density at radius 1 is 1.23 bits per heavy atom. The second kappa shape index (κ2) is 8.41. The van der Waals surface area contributed by atoms with Crippen LogP contribution >= 0.6 is 11.3 Å². The predicted molar refractivity (Wildman–Crippen MR) is 116 cm³/mol. The van der Waals surface area contributed by atoms with Gasteiger partial charge >= 0.3 is 0 Å². The first-order valence-corrected chi connectivity index (χ1v) is 12.0. The van der Waals surface area contributed by atoms with Crippen LogP contribution in [0.5, 0.6) is 0 Å². The van der Waals surface area contributed by atoms with Gasteiger partial charge in [-0.3, -0.25) is 4.79 Å². The van der Waals surface area contributed by atoms with Gasteiger partial charge < -0.3 is 5.32 Å². The van der Waals surface area contributed by atoms with Crippen LogP contribution in [0.4, 0.5) is 9.52 Å². The summed E-state index contributed by atoms with van der Waals surface area (Å²) in [6, 6.07) is 10.5. The van der Waals surface area contributed by atoms with Gasteiger partial charge in [0.05, 0.1) is 21.7 Å². The van der Waals surface area contributed by atoms with Crippen LogP contribution in [0.15, 0.2) is 47.4 Å². The van der Waals surface area contributed by atoms with Gasteiger partial charge in [0, 0.05) is 18.7 Å². The number of nitrogens with zero attached hydrogens (tertiary/aromatic N) is 2. The zero-order chi connectivity index (χ0) is 21.3. The number of rotatable bonds is 6. The summed E-state index contributed by atoms with van der Waals surface area (Å²) in [7, 11) is -3.62. The molecule has 0 aliphatic carbocycles. The van der Waals surface area contributed by atoms with Crippen molar-refractivity contribution in [3.63, 3.8) is 0 Å². The Morgan fingerprint density at radius 2 is 2.00 bits per heavy atom. The Labute approximate surface area is 178 Å². The lowest BCUT2D eigenvalue weighted by Crippen LogP contribution is -2.37. The van der Waals surface area contributed by atoms with Crippen LogP contribution in [0.1, 0.15) is 30.1 Å². The molecule has 3 aromatic rings. The summed E-state index contributed by atoms with van der Waals surface area (Å²) in [4.78, 5) is 17.1. The molecule has 2 heterocycles. The molecule has 158 valence electrons. The van der Waals surface area contributed by atoms with E-state index < -0.39 is 10.0 Å². The molecule has 1 N–H and O–H groups in total. The number of anilines is 1. The molecule has 4 rings (SSSR count). The van der Waals surface area contributed by atoms with Crippen LogP contribution in [-0.2, 0) is 10.0 Å². The van der Waals surface area contributed by atoms with E-state index >= 15 is 0 Å². The zero-order valence-corrected chi connectivity index (χ0v) is 18.1. The number of Topliss-reactive ketones (excluding diaryl/α,β-unsaturated/α-hetero) is 1. The van der Waals surface area contributed by atoms with E-state index in [0.29, 0.717) is 39.9 Å². The summed E-state index contributed by atoms with van der Waals surface area (Å²) in [5.74, 6) is -0.0610. The molecule has 1 aliphatic heterocycles. The number of nitrogens with one attached hydrogen (secondary N) is 1. The number of carbonyl (C=O) groups is 1. The van der Waals surface area contributed by atoms with E-state index in [9.17, 15) is 17.6 Å². The largest absolute Gasteiger partial charge is 0.354 e. The number of piperidine rings is 1. The average Bonchev–Trinajstić information content (AvgIpc) is 3.14. The van der Waals surface area contributed by atoms with Crippen LogP contribution in [-0.4, -0.2) is 43.1 Å². The fraction of sp³-hybridized carbons (Fsp3) is 0.333. The minimum absolute atomic E-state index is 0.0347. The third-order valence-electron chi connectivity index (χ3n) is 5.29. The monoisotopic (exact) mass is 447 g/mol. The lowest BCUT2D eigenvalue weighted by molar-refractivity contribution is 0.101. The summed E-state index contributed by atoms with van der Waals surface area (Å²) in [6.45, 7) is 3.09. The molecule has 0 amide bonds. The highest BCUT2D eigenvalue weighted by atomic mass is 32.2. The number of halogens is 1. The molecule has 0 radical (unpaired) electrons.